The smallest absolute Gasteiger partial charge is 0.0474 e. The number of aliphatic hydroxyl groups excluding tert-OH is 1. The first kappa shape index (κ1) is 13.7. The van der Waals surface area contributed by atoms with Crippen molar-refractivity contribution in [2.45, 2.75) is 58.0 Å². The Hall–Kier alpha value is 0.270. The highest BCUT2D eigenvalue weighted by molar-refractivity contribution is 7.99. The maximum absolute atomic E-state index is 9.45. The van der Waals surface area contributed by atoms with Crippen LogP contribution in [0.15, 0.2) is 0 Å². The highest BCUT2D eigenvalue weighted by Gasteiger charge is 2.32. The van der Waals surface area contributed by atoms with Gasteiger partial charge in [-0.05, 0) is 36.3 Å². The fourth-order valence-electron chi connectivity index (χ4n) is 3.32. The zero-order valence-corrected chi connectivity index (χ0v) is 12.1. The molecule has 1 aliphatic heterocycles. The number of hydrogen-bond acceptors (Lipinski definition) is 3. The summed E-state index contributed by atoms with van der Waals surface area (Å²) in [5, 5.41) is 13.3. The number of hydrogen-bond donors (Lipinski definition) is 2. The summed E-state index contributed by atoms with van der Waals surface area (Å²) in [6.45, 7) is 5.11. The SMILES string of the molecule is CC1(C)CSCC(NC2CCCCC2CO)C1. The normalized spacial score (nSPS) is 37.9. The van der Waals surface area contributed by atoms with Gasteiger partial charge in [-0.25, -0.2) is 0 Å². The Labute approximate surface area is 110 Å². The Kier molecular flexibility index (Phi) is 4.79. The van der Waals surface area contributed by atoms with Crippen LogP contribution >= 0.6 is 11.8 Å². The quantitative estimate of drug-likeness (QED) is 0.815. The summed E-state index contributed by atoms with van der Waals surface area (Å²) < 4.78 is 0. The monoisotopic (exact) mass is 257 g/mol. The Morgan fingerprint density at radius 3 is 2.76 bits per heavy atom. The van der Waals surface area contributed by atoms with Gasteiger partial charge in [0, 0.05) is 24.4 Å². The molecule has 0 aromatic heterocycles. The fraction of sp³-hybridized carbons (Fsp3) is 1.00. The molecular formula is C14H27NOS. The Morgan fingerprint density at radius 2 is 2.06 bits per heavy atom. The first-order valence-electron chi connectivity index (χ1n) is 7.05. The van der Waals surface area contributed by atoms with E-state index < -0.39 is 0 Å². The molecule has 3 heteroatoms. The molecule has 0 bridgehead atoms. The summed E-state index contributed by atoms with van der Waals surface area (Å²) in [5.41, 5.74) is 0.476. The van der Waals surface area contributed by atoms with Gasteiger partial charge in [-0.3, -0.25) is 0 Å². The van der Waals surface area contributed by atoms with E-state index in [-0.39, 0.29) is 0 Å². The molecule has 0 aromatic rings. The summed E-state index contributed by atoms with van der Waals surface area (Å²) in [6.07, 6.45) is 6.38. The van der Waals surface area contributed by atoms with Gasteiger partial charge >= 0.3 is 0 Å². The Bertz CT molecular complexity index is 244. The first-order chi connectivity index (χ1) is 8.11. The van der Waals surface area contributed by atoms with Crippen LogP contribution in [-0.4, -0.2) is 35.3 Å². The summed E-state index contributed by atoms with van der Waals surface area (Å²) in [6, 6.07) is 1.22. The molecule has 17 heavy (non-hydrogen) atoms. The molecule has 0 amide bonds. The lowest BCUT2D eigenvalue weighted by Gasteiger charge is -2.40. The molecule has 2 aliphatic rings. The van der Waals surface area contributed by atoms with Crippen molar-refractivity contribution in [1.29, 1.82) is 0 Å². The van der Waals surface area contributed by atoms with Crippen LogP contribution in [0.3, 0.4) is 0 Å². The minimum atomic E-state index is 0.362. The molecule has 2 fully saturated rings. The van der Waals surface area contributed by atoms with Crippen LogP contribution in [0.1, 0.15) is 46.0 Å². The van der Waals surface area contributed by atoms with Crippen LogP contribution in [0.25, 0.3) is 0 Å². The van der Waals surface area contributed by atoms with E-state index in [1.54, 1.807) is 0 Å². The molecule has 1 saturated heterocycles. The van der Waals surface area contributed by atoms with Crippen LogP contribution in [0.5, 0.6) is 0 Å². The average molecular weight is 257 g/mol. The molecule has 3 atom stereocenters. The molecule has 0 aromatic carbocycles. The van der Waals surface area contributed by atoms with E-state index >= 15 is 0 Å². The van der Waals surface area contributed by atoms with Crippen molar-refractivity contribution in [1.82, 2.24) is 5.32 Å². The zero-order valence-electron chi connectivity index (χ0n) is 11.2. The van der Waals surface area contributed by atoms with Crippen molar-refractivity contribution in [3.05, 3.63) is 0 Å². The van der Waals surface area contributed by atoms with Crippen LogP contribution < -0.4 is 5.32 Å². The molecule has 2 nitrogen and oxygen atoms in total. The van der Waals surface area contributed by atoms with Gasteiger partial charge in [-0.15, -0.1) is 0 Å². The maximum atomic E-state index is 9.45. The van der Waals surface area contributed by atoms with Crippen molar-refractivity contribution in [2.24, 2.45) is 11.3 Å². The van der Waals surface area contributed by atoms with Gasteiger partial charge in [-0.1, -0.05) is 26.7 Å². The largest absolute Gasteiger partial charge is 0.396 e. The van der Waals surface area contributed by atoms with Gasteiger partial charge in [0.2, 0.25) is 0 Å². The van der Waals surface area contributed by atoms with Gasteiger partial charge in [0.25, 0.3) is 0 Å². The van der Waals surface area contributed by atoms with E-state index in [2.05, 4.69) is 30.9 Å². The summed E-state index contributed by atoms with van der Waals surface area (Å²) in [5.74, 6) is 3.04. The highest BCUT2D eigenvalue weighted by atomic mass is 32.2. The minimum absolute atomic E-state index is 0.362. The second-order valence-electron chi connectivity index (χ2n) is 6.58. The van der Waals surface area contributed by atoms with Gasteiger partial charge in [-0.2, -0.15) is 11.8 Å². The van der Waals surface area contributed by atoms with E-state index in [0.29, 0.717) is 30.0 Å². The second-order valence-corrected chi connectivity index (χ2v) is 7.61. The number of nitrogens with one attached hydrogen (secondary N) is 1. The van der Waals surface area contributed by atoms with E-state index in [4.69, 9.17) is 0 Å². The van der Waals surface area contributed by atoms with Crippen LogP contribution in [0.2, 0.25) is 0 Å². The number of thioether (sulfide) groups is 1. The molecule has 3 unspecified atom stereocenters. The van der Waals surface area contributed by atoms with Crippen molar-refractivity contribution in [2.75, 3.05) is 18.1 Å². The third kappa shape index (κ3) is 3.87. The summed E-state index contributed by atoms with van der Waals surface area (Å²) >= 11 is 2.08. The van der Waals surface area contributed by atoms with E-state index in [1.165, 1.54) is 43.6 Å². The predicted octanol–water partition coefficient (Wildman–Crippen LogP) is 2.66. The molecule has 1 aliphatic carbocycles. The van der Waals surface area contributed by atoms with Gasteiger partial charge < -0.3 is 10.4 Å². The molecule has 1 saturated carbocycles. The summed E-state index contributed by atoms with van der Waals surface area (Å²) in [7, 11) is 0. The second kappa shape index (κ2) is 5.94. The molecule has 0 spiro atoms. The van der Waals surface area contributed by atoms with E-state index in [1.807, 2.05) is 0 Å². The lowest BCUT2D eigenvalue weighted by molar-refractivity contribution is 0.141. The van der Waals surface area contributed by atoms with Crippen molar-refractivity contribution in [3.63, 3.8) is 0 Å². The van der Waals surface area contributed by atoms with E-state index in [0.717, 1.165) is 0 Å². The lowest BCUT2D eigenvalue weighted by Crippen LogP contribution is -2.49. The summed E-state index contributed by atoms with van der Waals surface area (Å²) in [4.78, 5) is 0. The molecule has 0 radical (unpaired) electrons. The zero-order chi connectivity index (χ0) is 12.3. The topological polar surface area (TPSA) is 32.3 Å². The van der Waals surface area contributed by atoms with E-state index in [9.17, 15) is 5.11 Å². The lowest BCUT2D eigenvalue weighted by atomic mass is 9.83. The van der Waals surface area contributed by atoms with Gasteiger partial charge in [0.05, 0.1) is 0 Å². The Morgan fingerprint density at radius 1 is 1.29 bits per heavy atom. The predicted molar refractivity (Wildman–Crippen MR) is 75.5 cm³/mol. The van der Waals surface area contributed by atoms with Crippen LogP contribution in [0, 0.1) is 11.3 Å². The molecule has 100 valence electrons. The van der Waals surface area contributed by atoms with Gasteiger partial charge in [0.15, 0.2) is 0 Å². The van der Waals surface area contributed by atoms with Gasteiger partial charge in [0.1, 0.15) is 0 Å². The number of aliphatic hydroxyl groups is 1. The molecule has 2 rings (SSSR count). The molecular weight excluding hydrogens is 230 g/mol. The fourth-order valence-corrected chi connectivity index (χ4v) is 4.60. The molecule has 1 heterocycles. The highest BCUT2D eigenvalue weighted by Crippen LogP contribution is 2.34. The van der Waals surface area contributed by atoms with Crippen molar-refractivity contribution in [3.8, 4) is 0 Å². The minimum Gasteiger partial charge on any atom is -0.396 e. The maximum Gasteiger partial charge on any atom is 0.0474 e. The number of rotatable bonds is 3. The third-order valence-corrected chi connectivity index (χ3v) is 5.83. The van der Waals surface area contributed by atoms with Crippen LogP contribution in [0.4, 0.5) is 0 Å². The first-order valence-corrected chi connectivity index (χ1v) is 8.21. The molecule has 2 N–H and O–H groups in total. The van der Waals surface area contributed by atoms with Crippen LogP contribution in [-0.2, 0) is 0 Å². The standard InChI is InChI=1S/C14H27NOS/c1-14(2)7-12(9-17-10-14)15-13-6-4-3-5-11(13)8-16/h11-13,15-16H,3-10H2,1-2H3. The van der Waals surface area contributed by atoms with Crippen molar-refractivity contribution >= 4 is 11.8 Å². The van der Waals surface area contributed by atoms with Crippen molar-refractivity contribution < 1.29 is 5.11 Å². The Balaban J connectivity index is 1.86. The third-order valence-electron chi connectivity index (χ3n) is 4.20. The average Bonchev–Trinajstić information content (AvgIpc) is 2.28.